The van der Waals surface area contributed by atoms with Gasteiger partial charge in [-0.15, -0.1) is 0 Å². The maximum Gasteiger partial charge on any atom is 0.181 e. The summed E-state index contributed by atoms with van der Waals surface area (Å²) >= 11 is 3.45. The molecular weight excluding hydrogens is 244 g/mol. The summed E-state index contributed by atoms with van der Waals surface area (Å²) in [5.74, 6) is 3.76. The van der Waals surface area contributed by atoms with Crippen molar-refractivity contribution in [2.45, 2.75) is 31.6 Å². The van der Waals surface area contributed by atoms with Crippen LogP contribution in [0.25, 0.3) is 0 Å². The molecule has 1 aromatic rings. The number of rotatable bonds is 1. The lowest BCUT2D eigenvalue weighted by molar-refractivity contribution is 0.309. The molecule has 3 unspecified atom stereocenters. The molecule has 2 bridgehead atoms. The molecule has 0 aliphatic heterocycles. The van der Waals surface area contributed by atoms with Crippen molar-refractivity contribution in [2.24, 2.45) is 11.8 Å². The average molecular weight is 257 g/mol. The van der Waals surface area contributed by atoms with Crippen molar-refractivity contribution in [3.63, 3.8) is 0 Å². The zero-order valence-electron chi connectivity index (χ0n) is 7.87. The predicted molar refractivity (Wildman–Crippen MR) is 56.8 cm³/mol. The van der Waals surface area contributed by atoms with Crippen molar-refractivity contribution in [1.29, 1.82) is 0 Å². The van der Waals surface area contributed by atoms with Gasteiger partial charge in [-0.05, 0) is 47.0 Å². The minimum atomic E-state index is 0.489. The Morgan fingerprint density at radius 3 is 2.71 bits per heavy atom. The van der Waals surface area contributed by atoms with E-state index in [9.17, 15) is 0 Å². The first-order valence-corrected chi connectivity index (χ1v) is 5.95. The molecule has 2 fully saturated rings. The van der Waals surface area contributed by atoms with Gasteiger partial charge in [0.25, 0.3) is 0 Å². The number of anilines is 1. The fraction of sp³-hybridized carbons (Fsp3) is 0.700. The van der Waals surface area contributed by atoms with Crippen molar-refractivity contribution in [3.05, 3.63) is 10.2 Å². The Bertz CT molecular complexity index is 363. The van der Waals surface area contributed by atoms with Gasteiger partial charge in [0.2, 0.25) is 0 Å². The lowest BCUT2D eigenvalue weighted by Crippen LogP contribution is -2.08. The highest BCUT2D eigenvalue weighted by Crippen LogP contribution is 2.54. The minimum absolute atomic E-state index is 0.489. The SMILES string of the molecule is Nc1noc(C2CC3CCC2C3)c1Br. The molecule has 0 spiro atoms. The molecule has 0 amide bonds. The third kappa shape index (κ3) is 1.13. The molecule has 2 aliphatic carbocycles. The Kier molecular flexibility index (Phi) is 1.87. The Hall–Kier alpha value is -0.510. The van der Waals surface area contributed by atoms with E-state index in [2.05, 4.69) is 21.1 Å². The molecule has 4 heteroatoms. The van der Waals surface area contributed by atoms with Crippen molar-refractivity contribution >= 4 is 21.7 Å². The van der Waals surface area contributed by atoms with E-state index >= 15 is 0 Å². The summed E-state index contributed by atoms with van der Waals surface area (Å²) in [5, 5.41) is 3.80. The Morgan fingerprint density at radius 2 is 2.21 bits per heavy atom. The van der Waals surface area contributed by atoms with Crippen molar-refractivity contribution in [2.75, 3.05) is 5.73 Å². The topological polar surface area (TPSA) is 52.0 Å². The second kappa shape index (κ2) is 2.99. The third-order valence-electron chi connectivity index (χ3n) is 3.76. The molecule has 3 atom stereocenters. The van der Waals surface area contributed by atoms with E-state index in [0.717, 1.165) is 22.1 Å². The van der Waals surface area contributed by atoms with Crippen LogP contribution in [-0.2, 0) is 0 Å². The second-order valence-electron chi connectivity index (χ2n) is 4.53. The molecule has 0 saturated heterocycles. The molecule has 0 radical (unpaired) electrons. The highest BCUT2D eigenvalue weighted by Gasteiger charge is 2.43. The smallest absolute Gasteiger partial charge is 0.181 e. The molecule has 1 aromatic heterocycles. The van der Waals surface area contributed by atoms with Gasteiger partial charge in [0.15, 0.2) is 11.6 Å². The van der Waals surface area contributed by atoms with E-state index in [1.54, 1.807) is 0 Å². The third-order valence-corrected chi connectivity index (χ3v) is 4.56. The molecule has 76 valence electrons. The van der Waals surface area contributed by atoms with Crippen LogP contribution < -0.4 is 5.73 Å². The first kappa shape index (κ1) is 8.77. The average Bonchev–Trinajstić information content (AvgIpc) is 2.84. The maximum atomic E-state index is 5.65. The molecule has 2 aliphatic rings. The number of nitrogens with zero attached hydrogens (tertiary/aromatic N) is 1. The van der Waals surface area contributed by atoms with E-state index in [4.69, 9.17) is 10.3 Å². The molecule has 2 N–H and O–H groups in total. The Balaban J connectivity index is 1.93. The predicted octanol–water partition coefficient (Wildman–Crippen LogP) is 2.92. The summed E-state index contributed by atoms with van der Waals surface area (Å²) in [4.78, 5) is 0. The van der Waals surface area contributed by atoms with Crippen LogP contribution in [0.4, 0.5) is 5.82 Å². The standard InChI is InChI=1S/C10H13BrN2O/c11-8-9(14-13-10(8)12)7-4-5-1-2-6(7)3-5/h5-7H,1-4H2,(H2,12,13). The van der Waals surface area contributed by atoms with Gasteiger partial charge >= 0.3 is 0 Å². The molecule has 0 aromatic carbocycles. The molecule has 14 heavy (non-hydrogen) atoms. The van der Waals surface area contributed by atoms with Crippen LogP contribution >= 0.6 is 15.9 Å². The fourth-order valence-corrected chi connectivity index (χ4v) is 3.54. The largest absolute Gasteiger partial charge is 0.380 e. The Morgan fingerprint density at radius 1 is 1.36 bits per heavy atom. The van der Waals surface area contributed by atoms with E-state index < -0.39 is 0 Å². The van der Waals surface area contributed by atoms with Crippen LogP contribution in [0.3, 0.4) is 0 Å². The maximum absolute atomic E-state index is 5.65. The highest BCUT2D eigenvalue weighted by atomic mass is 79.9. The monoisotopic (exact) mass is 256 g/mol. The number of aromatic nitrogens is 1. The minimum Gasteiger partial charge on any atom is -0.380 e. The van der Waals surface area contributed by atoms with Crippen molar-refractivity contribution < 1.29 is 4.52 Å². The number of halogens is 1. The van der Waals surface area contributed by atoms with Gasteiger partial charge < -0.3 is 10.3 Å². The molecule has 2 saturated carbocycles. The summed E-state index contributed by atoms with van der Waals surface area (Å²) in [6.07, 6.45) is 5.39. The summed E-state index contributed by atoms with van der Waals surface area (Å²) in [6.45, 7) is 0. The number of nitrogen functional groups attached to an aromatic ring is 1. The highest BCUT2D eigenvalue weighted by molar-refractivity contribution is 9.10. The van der Waals surface area contributed by atoms with Gasteiger partial charge in [-0.25, -0.2) is 0 Å². The number of hydrogen-bond donors (Lipinski definition) is 1. The van der Waals surface area contributed by atoms with Gasteiger partial charge in [-0.1, -0.05) is 11.6 Å². The second-order valence-corrected chi connectivity index (χ2v) is 5.32. The summed E-state index contributed by atoms with van der Waals surface area (Å²) in [6, 6.07) is 0. The van der Waals surface area contributed by atoms with Crippen LogP contribution in [0.15, 0.2) is 9.00 Å². The molecule has 3 nitrogen and oxygen atoms in total. The van der Waals surface area contributed by atoms with Crippen molar-refractivity contribution in [1.82, 2.24) is 5.16 Å². The van der Waals surface area contributed by atoms with E-state index in [0.29, 0.717) is 11.7 Å². The lowest BCUT2D eigenvalue weighted by atomic mass is 9.87. The molecule has 3 rings (SSSR count). The van der Waals surface area contributed by atoms with Gasteiger partial charge in [0.05, 0.1) is 0 Å². The molecule has 1 heterocycles. The molecular formula is C10H13BrN2O. The van der Waals surface area contributed by atoms with Crippen LogP contribution in [0.2, 0.25) is 0 Å². The number of nitrogens with two attached hydrogens (primary N) is 1. The van der Waals surface area contributed by atoms with Crippen molar-refractivity contribution in [3.8, 4) is 0 Å². The van der Waals surface area contributed by atoms with E-state index in [1.165, 1.54) is 25.7 Å². The number of fused-ring (bicyclic) bond motifs is 2. The van der Waals surface area contributed by atoms with Gasteiger partial charge in [-0.3, -0.25) is 0 Å². The van der Waals surface area contributed by atoms with Crippen LogP contribution in [-0.4, -0.2) is 5.16 Å². The van der Waals surface area contributed by atoms with Gasteiger partial charge in [0, 0.05) is 5.92 Å². The van der Waals surface area contributed by atoms with Crippen LogP contribution in [0, 0.1) is 11.8 Å². The first-order valence-electron chi connectivity index (χ1n) is 5.16. The fourth-order valence-electron chi connectivity index (χ4n) is 3.10. The summed E-state index contributed by atoms with van der Waals surface area (Å²) in [7, 11) is 0. The zero-order chi connectivity index (χ0) is 9.71. The zero-order valence-corrected chi connectivity index (χ0v) is 9.46. The normalized spacial score (nSPS) is 35.4. The summed E-state index contributed by atoms with van der Waals surface area (Å²) in [5.41, 5.74) is 5.65. The summed E-state index contributed by atoms with van der Waals surface area (Å²) < 4.78 is 6.19. The Labute approximate surface area is 91.1 Å². The van der Waals surface area contributed by atoms with E-state index in [1.807, 2.05) is 0 Å². The first-order chi connectivity index (χ1) is 6.75. The number of hydrogen-bond acceptors (Lipinski definition) is 3. The van der Waals surface area contributed by atoms with Crippen LogP contribution in [0.5, 0.6) is 0 Å². The van der Waals surface area contributed by atoms with Crippen LogP contribution in [0.1, 0.15) is 37.4 Å². The quantitative estimate of drug-likeness (QED) is 0.841. The lowest BCUT2D eigenvalue weighted by Gasteiger charge is -2.18. The van der Waals surface area contributed by atoms with E-state index in [-0.39, 0.29) is 0 Å². The van der Waals surface area contributed by atoms with Gasteiger partial charge in [0.1, 0.15) is 4.47 Å². The van der Waals surface area contributed by atoms with Gasteiger partial charge in [-0.2, -0.15) is 0 Å².